The summed E-state index contributed by atoms with van der Waals surface area (Å²) in [5.41, 5.74) is 5.93. The van der Waals surface area contributed by atoms with Gasteiger partial charge >= 0.3 is 0 Å². The highest BCUT2D eigenvalue weighted by Gasteiger charge is 2.20. The molecule has 0 N–H and O–H groups in total. The Labute approximate surface area is 254 Å². The second-order valence-corrected chi connectivity index (χ2v) is 11.4. The Morgan fingerprint density at radius 2 is 0.909 bits per heavy atom. The number of fused-ring (bicyclic) bond motifs is 6. The summed E-state index contributed by atoms with van der Waals surface area (Å²) in [7, 11) is 0. The molecule has 1 heterocycles. The second-order valence-electron chi connectivity index (χ2n) is 11.4. The van der Waals surface area contributed by atoms with Crippen molar-refractivity contribution in [1.82, 2.24) is 9.97 Å². The van der Waals surface area contributed by atoms with Gasteiger partial charge in [0.25, 0.3) is 0 Å². The number of hydrogen-bond acceptors (Lipinski definition) is 2. The molecule has 1 aromatic heterocycles. The molecule has 9 aromatic rings. The van der Waals surface area contributed by atoms with Crippen molar-refractivity contribution >= 4 is 53.9 Å². The first-order valence-electron chi connectivity index (χ1n) is 15.0. The molecule has 0 saturated carbocycles. The Balaban J connectivity index is 1.47. The summed E-state index contributed by atoms with van der Waals surface area (Å²) in [6, 6.07) is 52.8. The van der Waals surface area contributed by atoms with Gasteiger partial charge in [-0.05, 0) is 100 Å². The molecule has 0 atom stereocenters. The topological polar surface area (TPSA) is 25.8 Å². The van der Waals surface area contributed by atoms with Crippen molar-refractivity contribution < 1.29 is 0 Å². The van der Waals surface area contributed by atoms with Gasteiger partial charge in [-0.15, -0.1) is 0 Å². The van der Waals surface area contributed by atoms with Crippen LogP contribution in [0, 0.1) is 0 Å². The van der Waals surface area contributed by atoms with Crippen LogP contribution in [0.1, 0.15) is 0 Å². The van der Waals surface area contributed by atoms with Gasteiger partial charge in [-0.25, -0.2) is 9.97 Å². The Hall–Kier alpha value is -5.86. The molecule has 44 heavy (non-hydrogen) atoms. The molecule has 204 valence electrons. The number of aromatic nitrogens is 2. The molecular weight excluding hydrogens is 532 g/mol. The Morgan fingerprint density at radius 3 is 1.70 bits per heavy atom. The lowest BCUT2D eigenvalue weighted by molar-refractivity contribution is 1.18. The normalized spacial score (nSPS) is 11.6. The SMILES string of the molecule is c1cnc(-c2ccc3c(-c4ccc5ccccc5c4)c4ccccc4c(-c4cc5ccccc5c5ccccc45)c3c2)nc1. The third-order valence-corrected chi connectivity index (χ3v) is 8.92. The molecule has 0 radical (unpaired) electrons. The fraction of sp³-hybridized carbons (Fsp3) is 0. The lowest BCUT2D eigenvalue weighted by atomic mass is 9.83. The third-order valence-electron chi connectivity index (χ3n) is 8.92. The Morgan fingerprint density at radius 1 is 0.318 bits per heavy atom. The van der Waals surface area contributed by atoms with Crippen LogP contribution < -0.4 is 0 Å². The van der Waals surface area contributed by atoms with Gasteiger partial charge in [-0.3, -0.25) is 0 Å². The second kappa shape index (κ2) is 9.86. The molecule has 0 fully saturated rings. The van der Waals surface area contributed by atoms with Gasteiger partial charge in [-0.2, -0.15) is 0 Å². The maximum Gasteiger partial charge on any atom is 0.159 e. The fourth-order valence-corrected chi connectivity index (χ4v) is 6.97. The lowest BCUT2D eigenvalue weighted by Crippen LogP contribution is -1.94. The molecule has 0 bridgehead atoms. The summed E-state index contributed by atoms with van der Waals surface area (Å²) in [6.45, 7) is 0. The molecule has 0 spiro atoms. The zero-order valence-electron chi connectivity index (χ0n) is 23.9. The van der Waals surface area contributed by atoms with Crippen molar-refractivity contribution in [3.05, 3.63) is 158 Å². The van der Waals surface area contributed by atoms with Gasteiger partial charge in [0.15, 0.2) is 5.82 Å². The number of rotatable bonds is 3. The quantitative estimate of drug-likeness (QED) is 0.159. The summed E-state index contributed by atoms with van der Waals surface area (Å²) in [5, 5.41) is 12.4. The minimum Gasteiger partial charge on any atom is -0.237 e. The summed E-state index contributed by atoms with van der Waals surface area (Å²) < 4.78 is 0. The zero-order valence-corrected chi connectivity index (χ0v) is 23.9. The van der Waals surface area contributed by atoms with Crippen LogP contribution in [0.5, 0.6) is 0 Å². The van der Waals surface area contributed by atoms with Crippen LogP contribution in [0.25, 0.3) is 87.5 Å². The van der Waals surface area contributed by atoms with Crippen LogP contribution >= 0.6 is 0 Å². The van der Waals surface area contributed by atoms with Crippen LogP contribution in [0.15, 0.2) is 158 Å². The molecule has 0 unspecified atom stereocenters. The smallest absolute Gasteiger partial charge is 0.159 e. The van der Waals surface area contributed by atoms with E-state index in [1.807, 2.05) is 18.5 Å². The van der Waals surface area contributed by atoms with Crippen molar-refractivity contribution in [2.75, 3.05) is 0 Å². The van der Waals surface area contributed by atoms with Crippen LogP contribution in [0.3, 0.4) is 0 Å². The molecule has 0 aliphatic rings. The van der Waals surface area contributed by atoms with E-state index >= 15 is 0 Å². The van der Waals surface area contributed by atoms with Gasteiger partial charge in [0.1, 0.15) is 0 Å². The Bertz CT molecular complexity index is 2550. The average Bonchev–Trinajstić information content (AvgIpc) is 3.10. The van der Waals surface area contributed by atoms with Gasteiger partial charge in [-0.1, -0.05) is 121 Å². The molecule has 9 rings (SSSR count). The number of benzene rings is 8. The monoisotopic (exact) mass is 558 g/mol. The molecule has 2 nitrogen and oxygen atoms in total. The van der Waals surface area contributed by atoms with Gasteiger partial charge in [0, 0.05) is 18.0 Å². The molecule has 0 saturated heterocycles. The van der Waals surface area contributed by atoms with Crippen molar-refractivity contribution in [2.45, 2.75) is 0 Å². The van der Waals surface area contributed by atoms with E-state index in [-0.39, 0.29) is 0 Å². The molecule has 0 aliphatic heterocycles. The van der Waals surface area contributed by atoms with Gasteiger partial charge in [0.05, 0.1) is 0 Å². The van der Waals surface area contributed by atoms with Crippen LogP contribution in [0.2, 0.25) is 0 Å². The molecular formula is C42H26N2. The molecule has 2 heteroatoms. The predicted octanol–water partition coefficient (Wildman–Crippen LogP) is 11.2. The highest BCUT2D eigenvalue weighted by Crippen LogP contribution is 2.47. The molecule has 8 aromatic carbocycles. The van der Waals surface area contributed by atoms with Gasteiger partial charge in [0.2, 0.25) is 0 Å². The maximum absolute atomic E-state index is 4.62. The van der Waals surface area contributed by atoms with Crippen molar-refractivity contribution in [1.29, 1.82) is 0 Å². The predicted molar refractivity (Wildman–Crippen MR) is 186 cm³/mol. The van der Waals surface area contributed by atoms with Crippen LogP contribution in [0.4, 0.5) is 0 Å². The minimum atomic E-state index is 0.726. The van der Waals surface area contributed by atoms with E-state index in [0.717, 1.165) is 11.4 Å². The maximum atomic E-state index is 4.62. The third kappa shape index (κ3) is 3.82. The van der Waals surface area contributed by atoms with E-state index in [2.05, 4.69) is 149 Å². The summed E-state index contributed by atoms with van der Waals surface area (Å²) >= 11 is 0. The standard InChI is InChI=1S/C42H26N2/c1-2-11-28-24-30(19-18-27(28)10-1)40-35-16-7-8-17-36(35)41(39-26-31(20-21-37(39)40)42-43-22-9-23-44-42)38-25-29-12-3-4-13-32(29)33-14-5-6-15-34(33)38/h1-26H. The van der Waals surface area contributed by atoms with E-state index in [9.17, 15) is 0 Å². The summed E-state index contributed by atoms with van der Waals surface area (Å²) in [5.74, 6) is 0.726. The first kappa shape index (κ1) is 24.7. The largest absolute Gasteiger partial charge is 0.237 e. The number of hydrogen-bond donors (Lipinski definition) is 0. The van der Waals surface area contributed by atoms with E-state index in [4.69, 9.17) is 0 Å². The summed E-state index contributed by atoms with van der Waals surface area (Å²) in [4.78, 5) is 9.23. The van der Waals surface area contributed by atoms with E-state index in [1.54, 1.807) is 0 Å². The lowest BCUT2D eigenvalue weighted by Gasteiger charge is -2.20. The van der Waals surface area contributed by atoms with Crippen molar-refractivity contribution in [2.24, 2.45) is 0 Å². The average molecular weight is 559 g/mol. The van der Waals surface area contributed by atoms with Crippen LogP contribution in [-0.2, 0) is 0 Å². The van der Waals surface area contributed by atoms with Gasteiger partial charge < -0.3 is 0 Å². The Kier molecular flexibility index (Phi) is 5.54. The molecule has 0 amide bonds. The molecule has 0 aliphatic carbocycles. The van der Waals surface area contributed by atoms with E-state index in [0.29, 0.717) is 0 Å². The van der Waals surface area contributed by atoms with Crippen LogP contribution in [-0.4, -0.2) is 9.97 Å². The number of nitrogens with zero attached hydrogens (tertiary/aromatic N) is 2. The minimum absolute atomic E-state index is 0.726. The first-order valence-corrected chi connectivity index (χ1v) is 15.0. The summed E-state index contributed by atoms with van der Waals surface area (Å²) in [6.07, 6.45) is 3.62. The zero-order chi connectivity index (χ0) is 29.0. The first-order chi connectivity index (χ1) is 21.8. The van der Waals surface area contributed by atoms with Crippen molar-refractivity contribution in [3.8, 4) is 33.6 Å². The highest BCUT2D eigenvalue weighted by molar-refractivity contribution is 6.26. The van der Waals surface area contributed by atoms with Crippen molar-refractivity contribution in [3.63, 3.8) is 0 Å². The highest BCUT2D eigenvalue weighted by atomic mass is 14.8. The fourth-order valence-electron chi connectivity index (χ4n) is 6.97. The van der Waals surface area contributed by atoms with E-state index in [1.165, 1.54) is 76.1 Å². The van der Waals surface area contributed by atoms with E-state index < -0.39 is 0 Å².